The second-order valence-electron chi connectivity index (χ2n) is 6.42. The lowest BCUT2D eigenvalue weighted by atomic mass is 9.80. The highest BCUT2D eigenvalue weighted by Gasteiger charge is 2.26. The van der Waals surface area contributed by atoms with Crippen LogP contribution in [0, 0.1) is 11.8 Å². The van der Waals surface area contributed by atoms with Crippen LogP contribution in [-0.2, 0) is 11.2 Å². The second-order valence-corrected chi connectivity index (χ2v) is 6.42. The first-order valence-electron chi connectivity index (χ1n) is 7.64. The molecule has 0 spiro atoms. The fraction of sp³-hybridized carbons (Fsp3) is 0.588. The number of nitrogens with two attached hydrogens (primary N) is 1. The molecule has 3 atom stereocenters. The van der Waals surface area contributed by atoms with Gasteiger partial charge in [0.15, 0.2) is 0 Å². The van der Waals surface area contributed by atoms with Crippen LogP contribution in [0.25, 0.3) is 0 Å². The molecule has 0 radical (unpaired) electrons. The van der Waals surface area contributed by atoms with Crippen LogP contribution in [-0.4, -0.2) is 18.0 Å². The van der Waals surface area contributed by atoms with Gasteiger partial charge in [-0.3, -0.25) is 4.79 Å². The third-order valence-electron chi connectivity index (χ3n) is 4.16. The van der Waals surface area contributed by atoms with Crippen molar-refractivity contribution in [2.75, 3.05) is 0 Å². The molecule has 2 unspecified atom stereocenters. The minimum atomic E-state index is -0.454. The summed E-state index contributed by atoms with van der Waals surface area (Å²) < 4.78 is 0. The maximum Gasteiger partial charge on any atom is 0.237 e. The molecule has 1 aromatic rings. The van der Waals surface area contributed by atoms with E-state index in [0.717, 1.165) is 18.4 Å². The summed E-state index contributed by atoms with van der Waals surface area (Å²) in [5.74, 6) is 1.36. The highest BCUT2D eigenvalue weighted by Crippen LogP contribution is 2.28. The molecule has 1 aliphatic carbocycles. The zero-order valence-electron chi connectivity index (χ0n) is 12.5. The minimum Gasteiger partial charge on any atom is -0.352 e. The summed E-state index contributed by atoms with van der Waals surface area (Å²) in [5.41, 5.74) is 7.14. The predicted molar refractivity (Wildman–Crippen MR) is 82.2 cm³/mol. The summed E-state index contributed by atoms with van der Waals surface area (Å²) in [4.78, 5) is 12.2. The van der Waals surface area contributed by atoms with Crippen LogP contribution in [0.1, 0.15) is 38.7 Å². The number of amides is 1. The van der Waals surface area contributed by atoms with Crippen molar-refractivity contribution >= 4 is 5.91 Å². The van der Waals surface area contributed by atoms with Crippen LogP contribution in [0.2, 0.25) is 0 Å². The van der Waals surface area contributed by atoms with Crippen molar-refractivity contribution in [2.45, 2.75) is 51.6 Å². The average molecular weight is 274 g/mol. The van der Waals surface area contributed by atoms with Crippen molar-refractivity contribution in [1.82, 2.24) is 5.32 Å². The Hall–Kier alpha value is -1.35. The topological polar surface area (TPSA) is 55.1 Å². The Kier molecular flexibility index (Phi) is 5.18. The Morgan fingerprint density at radius 1 is 1.20 bits per heavy atom. The van der Waals surface area contributed by atoms with E-state index in [2.05, 4.69) is 19.2 Å². The van der Waals surface area contributed by atoms with Gasteiger partial charge in [0.1, 0.15) is 0 Å². The van der Waals surface area contributed by atoms with Crippen LogP contribution >= 0.6 is 0 Å². The van der Waals surface area contributed by atoms with Crippen molar-refractivity contribution in [3.63, 3.8) is 0 Å². The van der Waals surface area contributed by atoms with Gasteiger partial charge in [-0.1, -0.05) is 44.2 Å². The van der Waals surface area contributed by atoms with E-state index in [1.54, 1.807) is 0 Å². The molecule has 1 fully saturated rings. The summed E-state index contributed by atoms with van der Waals surface area (Å²) >= 11 is 0. The van der Waals surface area contributed by atoms with Crippen LogP contribution in [0.5, 0.6) is 0 Å². The summed E-state index contributed by atoms with van der Waals surface area (Å²) in [5, 5.41) is 3.14. The lowest BCUT2D eigenvalue weighted by Crippen LogP contribution is -2.48. The maximum atomic E-state index is 12.2. The van der Waals surface area contributed by atoms with E-state index in [9.17, 15) is 4.79 Å². The standard InChI is InChI=1S/C17H26N2O/c1-12-8-13(2)10-15(9-12)19-17(20)16(18)11-14-6-4-3-5-7-14/h3-7,12-13,15-16H,8-11,18H2,1-2H3,(H,19,20)/t12?,13?,15?,16-/m0/s1. The van der Waals surface area contributed by atoms with Gasteiger partial charge < -0.3 is 11.1 Å². The van der Waals surface area contributed by atoms with E-state index < -0.39 is 6.04 Å². The number of nitrogens with one attached hydrogen (secondary N) is 1. The predicted octanol–water partition coefficient (Wildman–Crippen LogP) is 2.50. The summed E-state index contributed by atoms with van der Waals surface area (Å²) in [7, 11) is 0. The van der Waals surface area contributed by atoms with Crippen LogP contribution < -0.4 is 11.1 Å². The van der Waals surface area contributed by atoms with Gasteiger partial charge in [0.05, 0.1) is 6.04 Å². The maximum absolute atomic E-state index is 12.2. The Bertz CT molecular complexity index is 422. The van der Waals surface area contributed by atoms with Gasteiger partial charge in [-0.15, -0.1) is 0 Å². The van der Waals surface area contributed by atoms with Gasteiger partial charge in [-0.25, -0.2) is 0 Å². The van der Waals surface area contributed by atoms with E-state index in [1.165, 1.54) is 6.42 Å². The fourth-order valence-corrected chi connectivity index (χ4v) is 3.33. The minimum absolute atomic E-state index is 0.0137. The highest BCUT2D eigenvalue weighted by atomic mass is 16.2. The molecule has 20 heavy (non-hydrogen) atoms. The van der Waals surface area contributed by atoms with Gasteiger partial charge in [-0.2, -0.15) is 0 Å². The molecule has 0 aliphatic heterocycles. The van der Waals surface area contributed by atoms with Crippen molar-refractivity contribution in [3.8, 4) is 0 Å². The smallest absolute Gasteiger partial charge is 0.237 e. The van der Waals surface area contributed by atoms with Crippen LogP contribution in [0.3, 0.4) is 0 Å². The lowest BCUT2D eigenvalue weighted by Gasteiger charge is -2.32. The van der Waals surface area contributed by atoms with Crippen LogP contribution in [0.15, 0.2) is 30.3 Å². The van der Waals surface area contributed by atoms with Gasteiger partial charge in [0, 0.05) is 6.04 Å². The molecular weight excluding hydrogens is 248 g/mol. The lowest BCUT2D eigenvalue weighted by molar-refractivity contribution is -0.123. The van der Waals surface area contributed by atoms with E-state index in [1.807, 2.05) is 30.3 Å². The molecule has 2 rings (SSSR count). The SMILES string of the molecule is CC1CC(C)CC(NC(=O)[C@@H](N)Cc2ccccc2)C1. The number of hydrogen-bond donors (Lipinski definition) is 2. The van der Waals surface area contributed by atoms with Gasteiger partial charge in [0.25, 0.3) is 0 Å². The summed E-state index contributed by atoms with van der Waals surface area (Å²) in [6.45, 7) is 4.53. The van der Waals surface area contributed by atoms with Crippen molar-refractivity contribution in [1.29, 1.82) is 0 Å². The zero-order chi connectivity index (χ0) is 14.5. The molecule has 110 valence electrons. The largest absolute Gasteiger partial charge is 0.352 e. The van der Waals surface area contributed by atoms with E-state index in [4.69, 9.17) is 5.73 Å². The molecule has 0 saturated heterocycles. The summed E-state index contributed by atoms with van der Waals surface area (Å²) in [6, 6.07) is 9.79. The van der Waals surface area contributed by atoms with Gasteiger partial charge >= 0.3 is 0 Å². The monoisotopic (exact) mass is 274 g/mol. The molecule has 0 heterocycles. The van der Waals surface area contributed by atoms with Gasteiger partial charge in [-0.05, 0) is 43.1 Å². The molecular formula is C17H26N2O. The molecule has 3 nitrogen and oxygen atoms in total. The Morgan fingerprint density at radius 2 is 1.80 bits per heavy atom. The molecule has 1 saturated carbocycles. The van der Waals surface area contributed by atoms with E-state index in [0.29, 0.717) is 24.3 Å². The highest BCUT2D eigenvalue weighted by molar-refractivity contribution is 5.82. The van der Waals surface area contributed by atoms with Crippen molar-refractivity contribution in [2.24, 2.45) is 17.6 Å². The Balaban J connectivity index is 1.84. The van der Waals surface area contributed by atoms with Crippen molar-refractivity contribution < 1.29 is 4.79 Å². The molecule has 0 aromatic heterocycles. The molecule has 3 heteroatoms. The first-order valence-corrected chi connectivity index (χ1v) is 7.64. The normalized spacial score (nSPS) is 27.9. The average Bonchev–Trinajstić information content (AvgIpc) is 2.38. The molecule has 1 amide bonds. The van der Waals surface area contributed by atoms with E-state index >= 15 is 0 Å². The Labute approximate surface area is 121 Å². The van der Waals surface area contributed by atoms with E-state index in [-0.39, 0.29) is 5.91 Å². The first-order chi connectivity index (χ1) is 9.54. The number of carbonyl (C=O) groups is 1. The zero-order valence-corrected chi connectivity index (χ0v) is 12.5. The number of benzene rings is 1. The number of rotatable bonds is 4. The fourth-order valence-electron chi connectivity index (χ4n) is 3.33. The number of carbonyl (C=O) groups excluding carboxylic acids is 1. The van der Waals surface area contributed by atoms with Gasteiger partial charge in [0.2, 0.25) is 5.91 Å². The quantitative estimate of drug-likeness (QED) is 0.886. The van der Waals surface area contributed by atoms with Crippen molar-refractivity contribution in [3.05, 3.63) is 35.9 Å². The van der Waals surface area contributed by atoms with Crippen LogP contribution in [0.4, 0.5) is 0 Å². The third kappa shape index (κ3) is 4.34. The number of hydrogen-bond acceptors (Lipinski definition) is 2. The second kappa shape index (κ2) is 6.89. The summed E-state index contributed by atoms with van der Waals surface area (Å²) in [6.07, 6.45) is 4.02. The molecule has 3 N–H and O–H groups in total. The molecule has 1 aliphatic rings. The Morgan fingerprint density at radius 3 is 2.40 bits per heavy atom. The first kappa shape index (κ1) is 15.0. The molecule has 0 bridgehead atoms. The molecule has 1 aromatic carbocycles. The third-order valence-corrected chi connectivity index (χ3v) is 4.16.